The van der Waals surface area contributed by atoms with E-state index < -0.39 is 0 Å². The highest BCUT2D eigenvalue weighted by molar-refractivity contribution is 7.18. The molecule has 5 N–H and O–H groups in total. The summed E-state index contributed by atoms with van der Waals surface area (Å²) < 4.78 is 0. The number of hydrogen-bond acceptors (Lipinski definition) is 6. The number of hydrogen-bond donors (Lipinski definition) is 4. The number of anilines is 3. The summed E-state index contributed by atoms with van der Waals surface area (Å²) in [6, 6.07) is 9.84. The van der Waals surface area contributed by atoms with Gasteiger partial charge in [0.2, 0.25) is 0 Å². The second-order valence-corrected chi connectivity index (χ2v) is 5.89. The van der Waals surface area contributed by atoms with E-state index in [0.29, 0.717) is 10.0 Å². The van der Waals surface area contributed by atoms with Crippen LogP contribution in [0.3, 0.4) is 0 Å². The third kappa shape index (κ3) is 3.32. The molecule has 0 saturated carbocycles. The van der Waals surface area contributed by atoms with Gasteiger partial charge in [-0.05, 0) is 25.1 Å². The van der Waals surface area contributed by atoms with Gasteiger partial charge in [-0.2, -0.15) is 0 Å². The summed E-state index contributed by atoms with van der Waals surface area (Å²) in [6.45, 7) is 1.74. The molecule has 21 heavy (non-hydrogen) atoms. The maximum Gasteiger partial charge on any atom is 0.265 e. The lowest BCUT2D eigenvalue weighted by atomic mass is 10.2. The van der Waals surface area contributed by atoms with Crippen LogP contribution in [0.5, 0.6) is 0 Å². The summed E-state index contributed by atoms with van der Waals surface area (Å²) >= 11 is 1.27. The number of thiazole rings is 1. The lowest BCUT2D eigenvalue weighted by molar-refractivity contribution is 0.0945. The molecule has 2 heterocycles. The number of para-hydroxylation sites is 1. The number of nitrogens with zero attached hydrogens (tertiary/aromatic N) is 1. The van der Waals surface area contributed by atoms with Crippen LogP contribution in [0.2, 0.25) is 0 Å². The highest BCUT2D eigenvalue weighted by Crippen LogP contribution is 2.27. The van der Waals surface area contributed by atoms with Crippen molar-refractivity contribution in [2.24, 2.45) is 0 Å². The highest BCUT2D eigenvalue weighted by atomic mass is 32.1. The van der Waals surface area contributed by atoms with E-state index in [4.69, 9.17) is 5.73 Å². The molecule has 1 aromatic carbocycles. The Morgan fingerprint density at radius 1 is 1.38 bits per heavy atom. The Bertz CT molecular complexity index is 622. The van der Waals surface area contributed by atoms with Gasteiger partial charge in [0.15, 0.2) is 5.13 Å². The molecule has 7 heteroatoms. The Morgan fingerprint density at radius 3 is 2.90 bits per heavy atom. The van der Waals surface area contributed by atoms with E-state index in [1.807, 2.05) is 30.3 Å². The minimum Gasteiger partial charge on any atom is -0.382 e. The van der Waals surface area contributed by atoms with Gasteiger partial charge in [-0.3, -0.25) is 4.79 Å². The number of nitrogens with two attached hydrogens (primary N) is 1. The van der Waals surface area contributed by atoms with Gasteiger partial charge in [0.05, 0.1) is 0 Å². The molecule has 1 unspecified atom stereocenters. The van der Waals surface area contributed by atoms with Crippen LogP contribution in [0.15, 0.2) is 30.3 Å². The maximum atomic E-state index is 12.2. The van der Waals surface area contributed by atoms with Gasteiger partial charge in [0, 0.05) is 18.3 Å². The molecule has 110 valence electrons. The van der Waals surface area contributed by atoms with Gasteiger partial charge in [-0.25, -0.2) is 4.98 Å². The van der Waals surface area contributed by atoms with Crippen LogP contribution in [0.25, 0.3) is 0 Å². The van der Waals surface area contributed by atoms with Crippen molar-refractivity contribution in [2.45, 2.75) is 12.5 Å². The van der Waals surface area contributed by atoms with Crippen molar-refractivity contribution in [1.29, 1.82) is 0 Å². The van der Waals surface area contributed by atoms with E-state index in [1.54, 1.807) is 0 Å². The number of benzene rings is 1. The number of rotatable bonds is 4. The molecule has 0 bridgehead atoms. The molecule has 1 fully saturated rings. The first-order chi connectivity index (χ1) is 10.2. The van der Waals surface area contributed by atoms with Crippen molar-refractivity contribution in [1.82, 2.24) is 15.6 Å². The molecule has 6 nitrogen and oxygen atoms in total. The van der Waals surface area contributed by atoms with Crippen molar-refractivity contribution in [3.63, 3.8) is 0 Å². The van der Waals surface area contributed by atoms with E-state index in [0.717, 1.165) is 25.2 Å². The standard InChI is InChI=1S/C14H17N5OS/c15-12-11(13(20)17-10-6-7-16-8-10)21-14(19-12)18-9-4-2-1-3-5-9/h1-5,10,16H,6-8,15H2,(H,17,20)(H,18,19). The largest absolute Gasteiger partial charge is 0.382 e. The van der Waals surface area contributed by atoms with E-state index >= 15 is 0 Å². The minimum absolute atomic E-state index is 0.153. The van der Waals surface area contributed by atoms with E-state index in [2.05, 4.69) is 20.9 Å². The Labute approximate surface area is 126 Å². The summed E-state index contributed by atoms with van der Waals surface area (Å²) in [7, 11) is 0. The Hall–Kier alpha value is -2.12. The molecule has 0 spiro atoms. The quantitative estimate of drug-likeness (QED) is 0.688. The second kappa shape index (κ2) is 6.11. The van der Waals surface area contributed by atoms with Gasteiger partial charge in [0.25, 0.3) is 5.91 Å². The normalized spacial score (nSPS) is 17.6. The van der Waals surface area contributed by atoms with Crippen LogP contribution in [0.4, 0.5) is 16.6 Å². The van der Waals surface area contributed by atoms with Gasteiger partial charge in [-0.1, -0.05) is 29.5 Å². The van der Waals surface area contributed by atoms with Crippen LogP contribution >= 0.6 is 11.3 Å². The predicted octanol–water partition coefficient (Wildman–Crippen LogP) is 1.56. The zero-order chi connectivity index (χ0) is 14.7. The molecular formula is C14H17N5OS. The van der Waals surface area contributed by atoms with Crippen molar-refractivity contribution in [3.05, 3.63) is 35.2 Å². The fourth-order valence-electron chi connectivity index (χ4n) is 2.22. The second-order valence-electron chi connectivity index (χ2n) is 4.89. The first-order valence-electron chi connectivity index (χ1n) is 6.82. The van der Waals surface area contributed by atoms with Crippen molar-refractivity contribution >= 4 is 33.9 Å². The Morgan fingerprint density at radius 2 is 2.19 bits per heavy atom. The zero-order valence-electron chi connectivity index (χ0n) is 11.4. The fraction of sp³-hybridized carbons (Fsp3) is 0.286. The summed E-state index contributed by atoms with van der Waals surface area (Å²) in [4.78, 5) is 16.9. The molecule has 1 amide bonds. The lowest BCUT2D eigenvalue weighted by Gasteiger charge is -2.09. The van der Waals surface area contributed by atoms with Gasteiger partial charge >= 0.3 is 0 Å². The Kier molecular flexibility index (Phi) is 4.03. The predicted molar refractivity (Wildman–Crippen MR) is 85.0 cm³/mol. The molecule has 1 aliphatic rings. The number of aromatic nitrogens is 1. The van der Waals surface area contributed by atoms with Crippen molar-refractivity contribution in [3.8, 4) is 0 Å². The zero-order valence-corrected chi connectivity index (χ0v) is 12.2. The van der Waals surface area contributed by atoms with Gasteiger partial charge < -0.3 is 21.7 Å². The molecule has 2 aromatic rings. The summed E-state index contributed by atoms with van der Waals surface area (Å²) in [5.41, 5.74) is 6.77. The average molecular weight is 303 g/mol. The van der Waals surface area contributed by atoms with Crippen LogP contribution in [-0.2, 0) is 0 Å². The fourth-order valence-corrected chi connectivity index (χ4v) is 3.03. The molecule has 3 rings (SSSR count). The van der Waals surface area contributed by atoms with E-state index in [1.165, 1.54) is 11.3 Å². The Balaban J connectivity index is 1.70. The molecule has 0 radical (unpaired) electrons. The first kappa shape index (κ1) is 13.8. The van der Waals surface area contributed by atoms with E-state index in [9.17, 15) is 4.79 Å². The van der Waals surface area contributed by atoms with Crippen LogP contribution in [-0.4, -0.2) is 30.0 Å². The first-order valence-corrected chi connectivity index (χ1v) is 7.64. The minimum atomic E-state index is -0.153. The number of nitrogen functional groups attached to an aromatic ring is 1. The smallest absolute Gasteiger partial charge is 0.265 e. The van der Waals surface area contributed by atoms with Crippen molar-refractivity contribution in [2.75, 3.05) is 24.1 Å². The highest BCUT2D eigenvalue weighted by Gasteiger charge is 2.21. The molecule has 1 saturated heterocycles. The summed E-state index contributed by atoms with van der Waals surface area (Å²) in [5.74, 6) is 0.113. The molecule has 1 aliphatic heterocycles. The molecule has 0 aliphatic carbocycles. The van der Waals surface area contributed by atoms with Gasteiger partial charge in [0.1, 0.15) is 10.7 Å². The summed E-state index contributed by atoms with van der Waals surface area (Å²) in [6.07, 6.45) is 0.944. The number of carbonyl (C=O) groups is 1. The van der Waals surface area contributed by atoms with Crippen LogP contribution in [0.1, 0.15) is 16.1 Å². The van der Waals surface area contributed by atoms with Crippen molar-refractivity contribution < 1.29 is 4.79 Å². The SMILES string of the molecule is Nc1nc(Nc2ccccc2)sc1C(=O)NC1CCNC1. The van der Waals surface area contributed by atoms with Crippen LogP contribution < -0.4 is 21.7 Å². The average Bonchev–Trinajstić information content (AvgIpc) is 3.10. The molecular weight excluding hydrogens is 286 g/mol. The van der Waals surface area contributed by atoms with E-state index in [-0.39, 0.29) is 17.8 Å². The number of nitrogens with one attached hydrogen (secondary N) is 3. The maximum absolute atomic E-state index is 12.2. The van der Waals surface area contributed by atoms with Gasteiger partial charge in [-0.15, -0.1) is 0 Å². The monoisotopic (exact) mass is 303 g/mol. The number of amides is 1. The third-order valence-corrected chi connectivity index (χ3v) is 4.27. The molecule has 1 aromatic heterocycles. The molecule has 1 atom stereocenters. The summed E-state index contributed by atoms with van der Waals surface area (Å²) in [5, 5.41) is 9.95. The topological polar surface area (TPSA) is 92.1 Å². The third-order valence-electron chi connectivity index (χ3n) is 3.28. The van der Waals surface area contributed by atoms with Crippen LogP contribution in [0, 0.1) is 0 Å². The number of carbonyl (C=O) groups excluding carboxylic acids is 1. The lowest BCUT2D eigenvalue weighted by Crippen LogP contribution is -2.36.